The monoisotopic (exact) mass is 285 g/mol. The van der Waals surface area contributed by atoms with E-state index in [0.717, 1.165) is 22.7 Å². The fourth-order valence-electron chi connectivity index (χ4n) is 1.98. The second kappa shape index (κ2) is 6.37. The molecule has 0 fully saturated rings. The van der Waals surface area contributed by atoms with Gasteiger partial charge in [-0.15, -0.1) is 0 Å². The molecule has 8 N–H and O–H groups in total. The summed E-state index contributed by atoms with van der Waals surface area (Å²) in [6.45, 7) is 3.27. The maximum atomic E-state index is 5.93. The first kappa shape index (κ1) is 15.0. The molecule has 0 aromatic heterocycles. The lowest BCUT2D eigenvalue weighted by Gasteiger charge is -2.31. The van der Waals surface area contributed by atoms with Gasteiger partial charge in [0.2, 0.25) is 0 Å². The molecule has 21 heavy (non-hydrogen) atoms. The number of hydrogen-bond acceptors (Lipinski definition) is 5. The van der Waals surface area contributed by atoms with Crippen LogP contribution in [-0.2, 0) is 0 Å². The molecule has 112 valence electrons. The van der Waals surface area contributed by atoms with Gasteiger partial charge in [0.25, 0.3) is 0 Å². The average molecular weight is 285 g/mol. The summed E-state index contributed by atoms with van der Waals surface area (Å²) < 4.78 is 0. The Hall–Kier alpha value is -2.40. The lowest BCUT2D eigenvalue weighted by atomic mass is 10.0. The first-order valence-corrected chi connectivity index (χ1v) is 6.94. The minimum absolute atomic E-state index is 0.266. The molecule has 2 rings (SSSR count). The molecule has 0 aliphatic rings. The summed E-state index contributed by atoms with van der Waals surface area (Å²) in [5.74, 6) is 0. The fraction of sp³-hybridized carbons (Fsp3) is 0.250. The minimum atomic E-state index is -0.266. The SMILES string of the molecule is CC(CN)(CNc1ccc(N)cc1)Nc1ccc(N)cc1. The Morgan fingerprint density at radius 1 is 0.857 bits per heavy atom. The molecular formula is C16H23N5. The number of rotatable bonds is 6. The fourth-order valence-corrected chi connectivity index (χ4v) is 1.98. The Kier molecular flexibility index (Phi) is 4.55. The second-order valence-electron chi connectivity index (χ2n) is 5.49. The van der Waals surface area contributed by atoms with Crippen LogP contribution >= 0.6 is 0 Å². The highest BCUT2D eigenvalue weighted by molar-refractivity contribution is 5.54. The van der Waals surface area contributed by atoms with E-state index in [4.69, 9.17) is 17.2 Å². The van der Waals surface area contributed by atoms with E-state index in [2.05, 4.69) is 17.6 Å². The average Bonchev–Trinajstić information content (AvgIpc) is 2.49. The highest BCUT2D eigenvalue weighted by atomic mass is 15.1. The van der Waals surface area contributed by atoms with E-state index in [9.17, 15) is 0 Å². The van der Waals surface area contributed by atoms with Crippen molar-refractivity contribution in [3.8, 4) is 0 Å². The standard InChI is InChI=1S/C16H23N5/c1-16(10-17,21-15-8-4-13(19)5-9-15)11-20-14-6-2-12(18)3-7-14/h2-9,20-21H,10-11,17-19H2,1H3. The lowest BCUT2D eigenvalue weighted by molar-refractivity contribution is 0.552. The van der Waals surface area contributed by atoms with Crippen LogP contribution in [0.1, 0.15) is 6.92 Å². The Morgan fingerprint density at radius 2 is 1.33 bits per heavy atom. The molecule has 0 aliphatic heterocycles. The van der Waals surface area contributed by atoms with Gasteiger partial charge in [-0.2, -0.15) is 0 Å². The van der Waals surface area contributed by atoms with Crippen LogP contribution in [-0.4, -0.2) is 18.6 Å². The molecule has 5 nitrogen and oxygen atoms in total. The van der Waals surface area contributed by atoms with E-state index in [1.54, 1.807) is 0 Å². The van der Waals surface area contributed by atoms with Gasteiger partial charge in [-0.1, -0.05) is 0 Å². The molecule has 0 heterocycles. The molecular weight excluding hydrogens is 262 g/mol. The van der Waals surface area contributed by atoms with Gasteiger partial charge in [-0.25, -0.2) is 0 Å². The molecule has 0 amide bonds. The third-order valence-corrected chi connectivity index (χ3v) is 3.40. The van der Waals surface area contributed by atoms with Gasteiger partial charge in [0.1, 0.15) is 0 Å². The Morgan fingerprint density at radius 3 is 1.81 bits per heavy atom. The lowest BCUT2D eigenvalue weighted by Crippen LogP contribution is -2.48. The summed E-state index contributed by atoms with van der Waals surface area (Å²) in [6.07, 6.45) is 0. The molecule has 5 heteroatoms. The smallest absolute Gasteiger partial charge is 0.0639 e. The Balaban J connectivity index is 1.99. The van der Waals surface area contributed by atoms with Crippen LogP contribution in [0.25, 0.3) is 0 Å². The molecule has 2 aromatic carbocycles. The van der Waals surface area contributed by atoms with E-state index >= 15 is 0 Å². The number of nitrogens with one attached hydrogen (secondary N) is 2. The van der Waals surface area contributed by atoms with E-state index in [1.807, 2.05) is 48.5 Å². The molecule has 0 saturated carbocycles. The first-order valence-electron chi connectivity index (χ1n) is 6.94. The summed E-state index contributed by atoms with van der Waals surface area (Å²) in [4.78, 5) is 0. The quantitative estimate of drug-likeness (QED) is 0.523. The van der Waals surface area contributed by atoms with Crippen LogP contribution in [0.3, 0.4) is 0 Å². The Bertz CT molecular complexity index is 564. The maximum Gasteiger partial charge on any atom is 0.0639 e. The van der Waals surface area contributed by atoms with Gasteiger partial charge < -0.3 is 27.8 Å². The normalized spacial score (nSPS) is 13.4. The van der Waals surface area contributed by atoms with Gasteiger partial charge in [0.05, 0.1) is 5.54 Å². The van der Waals surface area contributed by atoms with Crippen molar-refractivity contribution >= 4 is 22.7 Å². The number of nitrogens with two attached hydrogens (primary N) is 3. The van der Waals surface area contributed by atoms with E-state index in [0.29, 0.717) is 13.1 Å². The third kappa shape index (κ3) is 4.29. The van der Waals surface area contributed by atoms with Gasteiger partial charge in [-0.05, 0) is 55.5 Å². The minimum Gasteiger partial charge on any atom is -0.399 e. The Labute approximate surface area is 125 Å². The van der Waals surface area contributed by atoms with Crippen molar-refractivity contribution in [3.63, 3.8) is 0 Å². The molecule has 0 bridgehead atoms. The number of hydrogen-bond donors (Lipinski definition) is 5. The van der Waals surface area contributed by atoms with E-state index in [-0.39, 0.29) is 5.54 Å². The summed E-state index contributed by atoms with van der Waals surface area (Å²) in [5.41, 5.74) is 20.5. The first-order chi connectivity index (χ1) is 10.0. The molecule has 0 radical (unpaired) electrons. The molecule has 0 saturated heterocycles. The van der Waals surface area contributed by atoms with Crippen LogP contribution in [0.2, 0.25) is 0 Å². The van der Waals surface area contributed by atoms with Gasteiger partial charge >= 0.3 is 0 Å². The maximum absolute atomic E-state index is 5.93. The van der Waals surface area contributed by atoms with Crippen molar-refractivity contribution in [2.45, 2.75) is 12.5 Å². The summed E-state index contributed by atoms with van der Waals surface area (Å²) >= 11 is 0. The molecule has 2 aromatic rings. The third-order valence-electron chi connectivity index (χ3n) is 3.40. The van der Waals surface area contributed by atoms with Gasteiger partial charge in [0, 0.05) is 35.8 Å². The molecule has 1 unspecified atom stereocenters. The molecule has 0 spiro atoms. The predicted octanol–water partition coefficient (Wildman–Crippen LogP) is 2.09. The zero-order valence-corrected chi connectivity index (χ0v) is 12.3. The second-order valence-corrected chi connectivity index (χ2v) is 5.49. The largest absolute Gasteiger partial charge is 0.399 e. The van der Waals surface area contributed by atoms with Crippen LogP contribution in [0, 0.1) is 0 Å². The van der Waals surface area contributed by atoms with Crippen LogP contribution in [0.15, 0.2) is 48.5 Å². The van der Waals surface area contributed by atoms with Crippen molar-refractivity contribution in [2.24, 2.45) is 5.73 Å². The zero-order valence-electron chi connectivity index (χ0n) is 12.3. The van der Waals surface area contributed by atoms with Gasteiger partial charge in [-0.3, -0.25) is 0 Å². The van der Waals surface area contributed by atoms with Crippen LogP contribution in [0.5, 0.6) is 0 Å². The summed E-state index contributed by atoms with van der Waals surface area (Å²) in [6, 6.07) is 15.3. The topological polar surface area (TPSA) is 102 Å². The van der Waals surface area contributed by atoms with Crippen molar-refractivity contribution in [3.05, 3.63) is 48.5 Å². The van der Waals surface area contributed by atoms with Crippen LogP contribution < -0.4 is 27.8 Å². The number of benzene rings is 2. The molecule has 1 atom stereocenters. The van der Waals surface area contributed by atoms with Crippen molar-refractivity contribution in [1.29, 1.82) is 0 Å². The molecule has 0 aliphatic carbocycles. The van der Waals surface area contributed by atoms with E-state index < -0.39 is 0 Å². The highest BCUT2D eigenvalue weighted by Crippen LogP contribution is 2.18. The number of nitrogen functional groups attached to an aromatic ring is 2. The van der Waals surface area contributed by atoms with E-state index in [1.165, 1.54) is 0 Å². The zero-order chi connectivity index (χ0) is 15.3. The summed E-state index contributed by atoms with van der Waals surface area (Å²) in [5, 5.41) is 6.82. The highest BCUT2D eigenvalue weighted by Gasteiger charge is 2.21. The summed E-state index contributed by atoms with van der Waals surface area (Å²) in [7, 11) is 0. The van der Waals surface area contributed by atoms with Crippen molar-refractivity contribution < 1.29 is 0 Å². The van der Waals surface area contributed by atoms with Crippen molar-refractivity contribution in [1.82, 2.24) is 0 Å². The van der Waals surface area contributed by atoms with Gasteiger partial charge in [0.15, 0.2) is 0 Å². The van der Waals surface area contributed by atoms with Crippen molar-refractivity contribution in [2.75, 3.05) is 35.2 Å². The number of anilines is 4. The predicted molar refractivity (Wildman–Crippen MR) is 91.3 cm³/mol. The van der Waals surface area contributed by atoms with Crippen LogP contribution in [0.4, 0.5) is 22.7 Å².